The number of aromatic nitrogens is 2. The van der Waals surface area contributed by atoms with Crippen molar-refractivity contribution in [2.24, 2.45) is 7.05 Å². The normalized spacial score (nSPS) is 12.2. The quantitative estimate of drug-likeness (QED) is 0.577. The summed E-state index contributed by atoms with van der Waals surface area (Å²) in [6.07, 6.45) is 3.05. The van der Waals surface area contributed by atoms with Crippen LogP contribution in [0.4, 0.5) is 5.69 Å². The van der Waals surface area contributed by atoms with Gasteiger partial charge in [-0.15, -0.1) is 0 Å². The molecule has 1 unspecified atom stereocenters. The first-order valence-electron chi connectivity index (χ1n) is 9.19. The monoisotopic (exact) mass is 349 g/mol. The van der Waals surface area contributed by atoms with Gasteiger partial charge in [-0.05, 0) is 42.2 Å². The summed E-state index contributed by atoms with van der Waals surface area (Å²) in [7, 11) is 1.97. The van der Waals surface area contributed by atoms with E-state index in [9.17, 15) is 0 Å². The highest BCUT2D eigenvalue weighted by Gasteiger charge is 2.16. The van der Waals surface area contributed by atoms with E-state index in [1.807, 2.05) is 54.2 Å². The van der Waals surface area contributed by atoms with Gasteiger partial charge >= 0.3 is 0 Å². The first-order valence-corrected chi connectivity index (χ1v) is 9.19. The molecule has 3 aromatic rings. The van der Waals surface area contributed by atoms with Gasteiger partial charge in [0.15, 0.2) is 0 Å². The lowest BCUT2D eigenvalue weighted by Gasteiger charge is -2.19. The van der Waals surface area contributed by atoms with E-state index in [-0.39, 0.29) is 6.04 Å². The summed E-state index contributed by atoms with van der Waals surface area (Å²) in [4.78, 5) is 0. The van der Waals surface area contributed by atoms with Crippen molar-refractivity contribution in [2.75, 3.05) is 5.32 Å². The Bertz CT molecular complexity index is 822. The number of nitrogens with one attached hydrogen (secondary N) is 1. The number of hydrogen-bond acceptors (Lipinski definition) is 3. The summed E-state index contributed by atoms with van der Waals surface area (Å²) >= 11 is 0. The second kappa shape index (κ2) is 8.09. The summed E-state index contributed by atoms with van der Waals surface area (Å²) in [6.45, 7) is 6.53. The van der Waals surface area contributed by atoms with Crippen molar-refractivity contribution < 1.29 is 4.74 Å². The lowest BCUT2D eigenvalue weighted by molar-refractivity contribution is 0.482. The Labute approximate surface area is 155 Å². The molecule has 0 aliphatic carbocycles. The zero-order valence-electron chi connectivity index (χ0n) is 15.9. The van der Waals surface area contributed by atoms with E-state index in [1.165, 1.54) is 5.56 Å². The average Bonchev–Trinajstić information content (AvgIpc) is 3.02. The number of anilines is 1. The van der Waals surface area contributed by atoms with Crippen molar-refractivity contribution in [2.45, 2.75) is 39.2 Å². The molecule has 26 heavy (non-hydrogen) atoms. The lowest BCUT2D eigenvalue weighted by Crippen LogP contribution is -2.10. The van der Waals surface area contributed by atoms with E-state index in [0.717, 1.165) is 29.3 Å². The third-order valence-corrected chi connectivity index (χ3v) is 4.40. The Hall–Kier alpha value is -2.75. The Morgan fingerprint density at radius 1 is 1.00 bits per heavy atom. The second-order valence-corrected chi connectivity index (χ2v) is 6.85. The van der Waals surface area contributed by atoms with Crippen LogP contribution >= 0.6 is 0 Å². The fraction of sp³-hybridized carbons (Fsp3) is 0.318. The zero-order valence-corrected chi connectivity index (χ0v) is 15.9. The predicted molar refractivity (Wildman–Crippen MR) is 107 cm³/mol. The van der Waals surface area contributed by atoms with Gasteiger partial charge in [-0.25, -0.2) is 0 Å². The molecule has 136 valence electrons. The molecule has 0 fully saturated rings. The minimum absolute atomic E-state index is 0.238. The first kappa shape index (κ1) is 18.1. The molecule has 0 aliphatic heterocycles. The van der Waals surface area contributed by atoms with Crippen molar-refractivity contribution in [3.05, 3.63) is 72.1 Å². The summed E-state index contributed by atoms with van der Waals surface area (Å²) in [6, 6.07) is 18.4. The highest BCUT2D eigenvalue weighted by atomic mass is 16.5. The largest absolute Gasteiger partial charge is 0.457 e. The molecular weight excluding hydrogens is 322 g/mol. The first-order chi connectivity index (χ1) is 12.6. The third kappa shape index (κ3) is 4.26. The average molecular weight is 349 g/mol. The van der Waals surface area contributed by atoms with Crippen LogP contribution < -0.4 is 10.1 Å². The summed E-state index contributed by atoms with van der Waals surface area (Å²) in [5.41, 5.74) is 3.46. The molecule has 1 N–H and O–H groups in total. The Balaban J connectivity index is 1.74. The van der Waals surface area contributed by atoms with E-state index in [1.54, 1.807) is 0 Å². The van der Waals surface area contributed by atoms with Gasteiger partial charge in [0.2, 0.25) is 0 Å². The fourth-order valence-corrected chi connectivity index (χ4v) is 3.04. The van der Waals surface area contributed by atoms with Crippen LogP contribution in [-0.4, -0.2) is 9.78 Å². The molecule has 0 amide bonds. The number of aryl methyl sites for hydroxylation is 1. The molecule has 2 aromatic carbocycles. The standard InChI is InChI=1S/C22H27N3O/c1-5-20(23-21-15-25(4)24-22(21)16(2)3)17-11-13-19(14-12-17)26-18-9-7-6-8-10-18/h6-16,20,23H,5H2,1-4H3. The second-order valence-electron chi connectivity index (χ2n) is 6.85. The molecule has 1 atom stereocenters. The Morgan fingerprint density at radius 2 is 1.65 bits per heavy atom. The van der Waals surface area contributed by atoms with Crippen LogP contribution in [0.1, 0.15) is 50.4 Å². The number of hydrogen-bond donors (Lipinski definition) is 1. The molecule has 0 saturated carbocycles. The van der Waals surface area contributed by atoms with Crippen molar-refractivity contribution in [1.82, 2.24) is 9.78 Å². The number of nitrogens with zero attached hydrogens (tertiary/aromatic N) is 2. The van der Waals surface area contributed by atoms with Crippen LogP contribution in [0.3, 0.4) is 0 Å². The highest BCUT2D eigenvalue weighted by Crippen LogP contribution is 2.29. The van der Waals surface area contributed by atoms with Crippen molar-refractivity contribution in [3.63, 3.8) is 0 Å². The molecule has 3 rings (SSSR count). The topological polar surface area (TPSA) is 39.1 Å². The SMILES string of the molecule is CCC(Nc1cn(C)nc1C(C)C)c1ccc(Oc2ccccc2)cc1. The van der Waals surface area contributed by atoms with Gasteiger partial charge in [0, 0.05) is 13.2 Å². The highest BCUT2D eigenvalue weighted by molar-refractivity contribution is 5.50. The maximum Gasteiger partial charge on any atom is 0.127 e. The minimum atomic E-state index is 0.238. The van der Waals surface area contributed by atoms with E-state index in [2.05, 4.69) is 49.5 Å². The van der Waals surface area contributed by atoms with E-state index in [4.69, 9.17) is 4.74 Å². The number of ether oxygens (including phenoxy) is 1. The van der Waals surface area contributed by atoms with E-state index in [0.29, 0.717) is 5.92 Å². The summed E-state index contributed by atoms with van der Waals surface area (Å²) in [5.74, 6) is 2.08. The van der Waals surface area contributed by atoms with Gasteiger partial charge in [-0.1, -0.05) is 51.1 Å². The summed E-state index contributed by atoms with van der Waals surface area (Å²) in [5, 5.41) is 8.25. The van der Waals surface area contributed by atoms with Crippen LogP contribution in [0.15, 0.2) is 60.8 Å². The number of rotatable bonds is 7. The molecule has 0 saturated heterocycles. The minimum Gasteiger partial charge on any atom is -0.457 e. The molecule has 0 radical (unpaired) electrons. The molecule has 0 aliphatic rings. The van der Waals surface area contributed by atoms with Gasteiger partial charge in [0.25, 0.3) is 0 Å². The number of para-hydroxylation sites is 1. The van der Waals surface area contributed by atoms with Gasteiger partial charge in [-0.3, -0.25) is 4.68 Å². The Kier molecular flexibility index (Phi) is 5.61. The van der Waals surface area contributed by atoms with Crippen LogP contribution in [0.2, 0.25) is 0 Å². The van der Waals surface area contributed by atoms with Crippen LogP contribution in [0.25, 0.3) is 0 Å². The van der Waals surface area contributed by atoms with Crippen LogP contribution in [-0.2, 0) is 7.05 Å². The predicted octanol–water partition coefficient (Wildman–Crippen LogP) is 5.90. The fourth-order valence-electron chi connectivity index (χ4n) is 3.04. The molecule has 1 aromatic heterocycles. The molecular formula is C22H27N3O. The smallest absolute Gasteiger partial charge is 0.127 e. The van der Waals surface area contributed by atoms with E-state index >= 15 is 0 Å². The van der Waals surface area contributed by atoms with Gasteiger partial charge in [0.1, 0.15) is 11.5 Å². The molecule has 4 heteroatoms. The summed E-state index contributed by atoms with van der Waals surface area (Å²) < 4.78 is 7.76. The molecule has 0 spiro atoms. The Morgan fingerprint density at radius 3 is 2.27 bits per heavy atom. The van der Waals surface area contributed by atoms with Gasteiger partial charge in [-0.2, -0.15) is 5.10 Å². The molecule has 1 heterocycles. The zero-order chi connectivity index (χ0) is 18.5. The van der Waals surface area contributed by atoms with Crippen LogP contribution in [0.5, 0.6) is 11.5 Å². The van der Waals surface area contributed by atoms with Crippen molar-refractivity contribution in [1.29, 1.82) is 0 Å². The van der Waals surface area contributed by atoms with Gasteiger partial charge in [0.05, 0.1) is 17.4 Å². The van der Waals surface area contributed by atoms with Crippen LogP contribution in [0, 0.1) is 0 Å². The maximum absolute atomic E-state index is 5.89. The third-order valence-electron chi connectivity index (χ3n) is 4.40. The molecule has 4 nitrogen and oxygen atoms in total. The number of benzene rings is 2. The molecule has 0 bridgehead atoms. The maximum atomic E-state index is 5.89. The van der Waals surface area contributed by atoms with Gasteiger partial charge < -0.3 is 10.1 Å². The van der Waals surface area contributed by atoms with Crippen molar-refractivity contribution >= 4 is 5.69 Å². The lowest BCUT2D eigenvalue weighted by atomic mass is 10.0. The van der Waals surface area contributed by atoms with Crippen molar-refractivity contribution in [3.8, 4) is 11.5 Å². The van der Waals surface area contributed by atoms with E-state index < -0.39 is 0 Å².